The Bertz CT molecular complexity index is 712. The average Bonchev–Trinajstić information content (AvgIpc) is 2.92. The molecule has 1 aromatic carbocycles. The smallest absolute Gasteiger partial charge is 0.186 e. The van der Waals surface area contributed by atoms with Crippen molar-refractivity contribution in [2.45, 2.75) is 6.61 Å². The van der Waals surface area contributed by atoms with Gasteiger partial charge in [-0.25, -0.2) is 13.4 Å². The molecular weight excluding hydrogens is 308 g/mol. The summed E-state index contributed by atoms with van der Waals surface area (Å²) in [6.45, 7) is 0.873. The monoisotopic (exact) mass is 324 g/mol. The molecule has 0 aliphatic carbocycles. The van der Waals surface area contributed by atoms with E-state index < -0.39 is 9.84 Å². The molecule has 1 aliphatic heterocycles. The molecule has 1 N–H and O–H groups in total. The van der Waals surface area contributed by atoms with Crippen molar-refractivity contribution in [3.8, 4) is 11.3 Å². The maximum absolute atomic E-state index is 11.5. The Morgan fingerprint density at radius 1 is 1.19 bits per heavy atom. The summed E-state index contributed by atoms with van der Waals surface area (Å²) in [6, 6.07) is 9.72. The number of thiazole rings is 1. The van der Waals surface area contributed by atoms with Crippen molar-refractivity contribution < 1.29 is 13.5 Å². The van der Waals surface area contributed by atoms with Crippen molar-refractivity contribution in [1.29, 1.82) is 0 Å². The van der Waals surface area contributed by atoms with E-state index in [4.69, 9.17) is 0 Å². The first-order chi connectivity index (χ1) is 10.1. The lowest BCUT2D eigenvalue weighted by Crippen LogP contribution is -2.40. The van der Waals surface area contributed by atoms with Gasteiger partial charge in [0.2, 0.25) is 0 Å². The van der Waals surface area contributed by atoms with Gasteiger partial charge in [0.05, 0.1) is 28.7 Å². The molecule has 7 heteroatoms. The second kappa shape index (κ2) is 5.75. The van der Waals surface area contributed by atoms with Crippen LogP contribution in [0, 0.1) is 0 Å². The van der Waals surface area contributed by atoms with E-state index in [-0.39, 0.29) is 18.1 Å². The van der Waals surface area contributed by atoms with E-state index in [1.165, 1.54) is 11.3 Å². The molecule has 0 bridgehead atoms. The quantitative estimate of drug-likeness (QED) is 0.927. The standard InChI is InChI=1S/C14H16N2O3S2/c17-10-12-13(11-4-2-1-3-5-11)15-14(20-12)16-6-8-21(18,19)9-7-16/h1-5,17H,6-10H2. The Balaban J connectivity index is 1.90. The van der Waals surface area contributed by atoms with E-state index in [1.807, 2.05) is 35.2 Å². The molecule has 1 aliphatic rings. The second-order valence-electron chi connectivity index (χ2n) is 4.93. The summed E-state index contributed by atoms with van der Waals surface area (Å²) in [5.41, 5.74) is 1.75. The SMILES string of the molecule is O=S1(=O)CCN(c2nc(-c3ccccc3)c(CO)s2)CC1. The number of rotatable bonds is 3. The summed E-state index contributed by atoms with van der Waals surface area (Å²) in [6.07, 6.45) is 0. The minimum atomic E-state index is -2.90. The predicted molar refractivity (Wildman–Crippen MR) is 84.3 cm³/mol. The highest BCUT2D eigenvalue weighted by Crippen LogP contribution is 2.33. The number of sulfone groups is 1. The van der Waals surface area contributed by atoms with E-state index in [0.29, 0.717) is 13.1 Å². The van der Waals surface area contributed by atoms with Gasteiger partial charge in [0.25, 0.3) is 0 Å². The second-order valence-corrected chi connectivity index (χ2v) is 8.30. The van der Waals surface area contributed by atoms with E-state index in [9.17, 15) is 13.5 Å². The summed E-state index contributed by atoms with van der Waals surface area (Å²) in [5, 5.41) is 10.3. The van der Waals surface area contributed by atoms with Gasteiger partial charge in [-0.1, -0.05) is 41.7 Å². The molecule has 0 unspecified atom stereocenters. The minimum Gasteiger partial charge on any atom is -0.391 e. The molecule has 2 heterocycles. The van der Waals surface area contributed by atoms with Crippen LogP contribution in [0.3, 0.4) is 0 Å². The molecule has 1 aromatic heterocycles. The molecule has 1 saturated heterocycles. The molecule has 2 aromatic rings. The molecule has 0 atom stereocenters. The topological polar surface area (TPSA) is 70.5 Å². The fraction of sp³-hybridized carbons (Fsp3) is 0.357. The van der Waals surface area contributed by atoms with Gasteiger partial charge in [0.15, 0.2) is 15.0 Å². The molecule has 0 amide bonds. The normalized spacial score (nSPS) is 17.9. The van der Waals surface area contributed by atoms with Crippen LogP contribution >= 0.6 is 11.3 Å². The lowest BCUT2D eigenvalue weighted by molar-refractivity contribution is 0.286. The van der Waals surface area contributed by atoms with Crippen LogP contribution in [0.2, 0.25) is 0 Å². The van der Waals surface area contributed by atoms with Crippen LogP contribution in [-0.2, 0) is 16.4 Å². The summed E-state index contributed by atoms with van der Waals surface area (Å²) in [7, 11) is -2.90. The first-order valence-corrected chi connectivity index (χ1v) is 9.34. The summed E-state index contributed by atoms with van der Waals surface area (Å²) < 4.78 is 23.0. The maximum atomic E-state index is 11.5. The Morgan fingerprint density at radius 3 is 2.48 bits per heavy atom. The van der Waals surface area contributed by atoms with Crippen molar-refractivity contribution in [1.82, 2.24) is 4.98 Å². The number of benzene rings is 1. The molecule has 5 nitrogen and oxygen atoms in total. The van der Waals surface area contributed by atoms with Crippen LogP contribution in [0.15, 0.2) is 30.3 Å². The largest absolute Gasteiger partial charge is 0.391 e. The number of aromatic nitrogens is 1. The zero-order chi connectivity index (χ0) is 14.9. The van der Waals surface area contributed by atoms with E-state index >= 15 is 0 Å². The van der Waals surface area contributed by atoms with E-state index in [1.54, 1.807) is 0 Å². The van der Waals surface area contributed by atoms with Crippen molar-refractivity contribution in [2.24, 2.45) is 0 Å². The number of hydrogen-bond acceptors (Lipinski definition) is 6. The fourth-order valence-corrected chi connectivity index (χ4v) is 4.50. The van der Waals surface area contributed by atoms with E-state index in [0.717, 1.165) is 21.3 Å². The summed E-state index contributed by atoms with van der Waals surface area (Å²) in [5.74, 6) is 0.337. The summed E-state index contributed by atoms with van der Waals surface area (Å²) in [4.78, 5) is 7.41. The third kappa shape index (κ3) is 3.09. The van der Waals surface area contributed by atoms with Gasteiger partial charge >= 0.3 is 0 Å². The van der Waals surface area contributed by atoms with E-state index in [2.05, 4.69) is 4.98 Å². The highest BCUT2D eigenvalue weighted by molar-refractivity contribution is 7.91. The molecular formula is C14H16N2O3S2. The zero-order valence-electron chi connectivity index (χ0n) is 11.4. The van der Waals surface area contributed by atoms with Gasteiger partial charge < -0.3 is 10.0 Å². The molecule has 112 valence electrons. The van der Waals surface area contributed by atoms with Gasteiger partial charge in [-0.2, -0.15) is 0 Å². The van der Waals surface area contributed by atoms with Crippen molar-refractivity contribution in [3.63, 3.8) is 0 Å². The lowest BCUT2D eigenvalue weighted by Gasteiger charge is -2.25. The molecule has 1 fully saturated rings. The number of aliphatic hydroxyl groups is 1. The van der Waals surface area contributed by atoms with Crippen molar-refractivity contribution in [3.05, 3.63) is 35.2 Å². The number of aliphatic hydroxyl groups excluding tert-OH is 1. The molecule has 0 radical (unpaired) electrons. The Hall–Kier alpha value is -1.44. The molecule has 21 heavy (non-hydrogen) atoms. The Morgan fingerprint density at radius 2 is 1.86 bits per heavy atom. The first kappa shape index (κ1) is 14.5. The average molecular weight is 324 g/mol. The van der Waals surface area contributed by atoms with Gasteiger partial charge in [-0.3, -0.25) is 0 Å². The highest BCUT2D eigenvalue weighted by atomic mass is 32.2. The number of anilines is 1. The van der Waals surface area contributed by atoms with Crippen molar-refractivity contribution >= 4 is 26.3 Å². The predicted octanol–water partition coefficient (Wildman–Crippen LogP) is 1.54. The van der Waals surface area contributed by atoms with Crippen LogP contribution in [0.25, 0.3) is 11.3 Å². The van der Waals surface area contributed by atoms with Gasteiger partial charge in [-0.05, 0) is 0 Å². The minimum absolute atomic E-state index is 0.0615. The van der Waals surface area contributed by atoms with Gasteiger partial charge in [0.1, 0.15) is 0 Å². The zero-order valence-corrected chi connectivity index (χ0v) is 13.0. The van der Waals surface area contributed by atoms with Gasteiger partial charge in [-0.15, -0.1) is 0 Å². The Labute approximate surface area is 127 Å². The lowest BCUT2D eigenvalue weighted by atomic mass is 10.1. The molecule has 0 saturated carbocycles. The van der Waals surface area contributed by atoms with Crippen LogP contribution in [0.5, 0.6) is 0 Å². The third-order valence-corrected chi connectivity index (χ3v) is 6.20. The third-order valence-electron chi connectivity index (χ3n) is 3.49. The van der Waals surface area contributed by atoms with Crippen molar-refractivity contribution in [2.75, 3.05) is 29.5 Å². The number of nitrogens with zero attached hydrogens (tertiary/aromatic N) is 2. The highest BCUT2D eigenvalue weighted by Gasteiger charge is 2.24. The summed E-state index contributed by atoms with van der Waals surface area (Å²) >= 11 is 1.43. The molecule has 3 rings (SSSR count). The number of hydrogen-bond donors (Lipinski definition) is 1. The van der Waals surface area contributed by atoms with Crippen LogP contribution in [-0.4, -0.2) is 43.1 Å². The van der Waals surface area contributed by atoms with Crippen LogP contribution < -0.4 is 4.90 Å². The Kier molecular flexibility index (Phi) is 3.97. The first-order valence-electron chi connectivity index (χ1n) is 6.70. The maximum Gasteiger partial charge on any atom is 0.186 e. The van der Waals surface area contributed by atoms with Crippen LogP contribution in [0.4, 0.5) is 5.13 Å². The van der Waals surface area contributed by atoms with Crippen LogP contribution in [0.1, 0.15) is 4.88 Å². The van der Waals surface area contributed by atoms with Gasteiger partial charge in [0, 0.05) is 18.7 Å². The molecule has 0 spiro atoms. The fourth-order valence-electron chi connectivity index (χ4n) is 2.31.